The molecule has 144 valence electrons. The van der Waals surface area contributed by atoms with Crippen molar-refractivity contribution in [1.82, 2.24) is 4.90 Å². The van der Waals surface area contributed by atoms with Gasteiger partial charge >= 0.3 is 0 Å². The molecule has 1 aliphatic rings. The Hall–Kier alpha value is -2.49. The molecule has 0 saturated heterocycles. The molecule has 4 heteroatoms. The van der Waals surface area contributed by atoms with Crippen LogP contribution >= 0.6 is 0 Å². The Bertz CT molecular complexity index is 795. The second kappa shape index (κ2) is 8.03. The van der Waals surface area contributed by atoms with E-state index in [0.717, 1.165) is 42.4 Å². The number of ether oxygens (including phenoxy) is 2. The van der Waals surface area contributed by atoms with Gasteiger partial charge in [0.05, 0.1) is 19.6 Å². The lowest BCUT2D eigenvalue weighted by molar-refractivity contribution is -0.136. The molecule has 1 saturated carbocycles. The van der Waals surface area contributed by atoms with Crippen LogP contribution in [0.1, 0.15) is 42.4 Å². The summed E-state index contributed by atoms with van der Waals surface area (Å²) >= 11 is 0. The van der Waals surface area contributed by atoms with Gasteiger partial charge in [0.1, 0.15) is 0 Å². The van der Waals surface area contributed by atoms with E-state index in [1.165, 1.54) is 0 Å². The summed E-state index contributed by atoms with van der Waals surface area (Å²) in [6, 6.07) is 14.2. The van der Waals surface area contributed by atoms with Crippen LogP contribution in [0.5, 0.6) is 11.5 Å². The van der Waals surface area contributed by atoms with Crippen molar-refractivity contribution in [2.45, 2.75) is 44.6 Å². The first-order valence-electron chi connectivity index (χ1n) is 9.54. The molecular formula is C23H29NO3. The average molecular weight is 367 g/mol. The van der Waals surface area contributed by atoms with Crippen molar-refractivity contribution in [1.29, 1.82) is 0 Å². The zero-order chi connectivity index (χ0) is 19.4. The molecule has 2 aromatic rings. The first kappa shape index (κ1) is 19.3. The molecule has 0 radical (unpaired) electrons. The predicted molar refractivity (Wildman–Crippen MR) is 107 cm³/mol. The lowest BCUT2D eigenvalue weighted by Crippen LogP contribution is -2.43. The molecule has 0 spiro atoms. The van der Waals surface area contributed by atoms with Gasteiger partial charge in [-0.2, -0.15) is 0 Å². The molecule has 2 aromatic carbocycles. The first-order valence-corrected chi connectivity index (χ1v) is 9.54. The van der Waals surface area contributed by atoms with Gasteiger partial charge in [0.2, 0.25) is 5.91 Å². The number of methoxy groups -OCH3 is 2. The number of carbonyl (C=O) groups excluding carboxylic acids is 1. The summed E-state index contributed by atoms with van der Waals surface area (Å²) in [6.07, 6.45) is 4.05. The Morgan fingerprint density at radius 2 is 1.63 bits per heavy atom. The van der Waals surface area contributed by atoms with Crippen LogP contribution in [-0.4, -0.2) is 32.1 Å². The molecule has 1 amide bonds. The average Bonchev–Trinajstić information content (AvgIpc) is 3.20. The van der Waals surface area contributed by atoms with Crippen molar-refractivity contribution in [3.05, 3.63) is 59.2 Å². The van der Waals surface area contributed by atoms with Crippen LogP contribution in [0.4, 0.5) is 0 Å². The summed E-state index contributed by atoms with van der Waals surface area (Å²) in [7, 11) is 5.17. The van der Waals surface area contributed by atoms with Gasteiger partial charge in [-0.1, -0.05) is 43.2 Å². The third-order valence-electron chi connectivity index (χ3n) is 5.79. The summed E-state index contributed by atoms with van der Waals surface area (Å²) in [5, 5.41) is 0. The van der Waals surface area contributed by atoms with Gasteiger partial charge < -0.3 is 14.4 Å². The maximum atomic E-state index is 13.5. The number of aryl methyl sites for hydroxylation is 1. The minimum absolute atomic E-state index is 0.209. The monoisotopic (exact) mass is 367 g/mol. The Morgan fingerprint density at radius 1 is 1.04 bits per heavy atom. The van der Waals surface area contributed by atoms with Crippen LogP contribution in [0.3, 0.4) is 0 Å². The normalized spacial score (nSPS) is 15.4. The van der Waals surface area contributed by atoms with Crippen molar-refractivity contribution in [2.75, 3.05) is 21.3 Å². The summed E-state index contributed by atoms with van der Waals surface area (Å²) in [5.74, 6) is 1.61. The van der Waals surface area contributed by atoms with Crippen LogP contribution < -0.4 is 9.47 Å². The fourth-order valence-corrected chi connectivity index (χ4v) is 4.25. The standard InChI is InChI=1S/C23H29NO3/c1-17-14-20(26-3)21(27-4)15-18(17)16-24(2)22(25)23(12-8-9-13-23)19-10-6-5-7-11-19/h5-7,10-11,14-15H,8-9,12-13,16H2,1-4H3. The van der Waals surface area contributed by atoms with E-state index in [2.05, 4.69) is 12.1 Å². The van der Waals surface area contributed by atoms with Crippen molar-refractivity contribution < 1.29 is 14.3 Å². The van der Waals surface area contributed by atoms with Gasteiger partial charge in [-0.05, 0) is 48.6 Å². The fourth-order valence-electron chi connectivity index (χ4n) is 4.25. The summed E-state index contributed by atoms with van der Waals surface area (Å²) < 4.78 is 10.8. The highest BCUT2D eigenvalue weighted by molar-refractivity contribution is 5.88. The van der Waals surface area contributed by atoms with E-state index in [1.807, 2.05) is 49.2 Å². The quantitative estimate of drug-likeness (QED) is 0.755. The van der Waals surface area contributed by atoms with E-state index in [4.69, 9.17) is 9.47 Å². The molecule has 27 heavy (non-hydrogen) atoms. The zero-order valence-electron chi connectivity index (χ0n) is 16.7. The predicted octanol–water partition coefficient (Wildman–Crippen LogP) is 4.48. The molecule has 0 unspecified atom stereocenters. The second-order valence-electron chi connectivity index (χ2n) is 7.45. The Kier molecular flexibility index (Phi) is 5.73. The van der Waals surface area contributed by atoms with Crippen LogP contribution in [0.2, 0.25) is 0 Å². The number of carbonyl (C=O) groups is 1. The molecule has 0 bridgehead atoms. The molecular weight excluding hydrogens is 338 g/mol. The zero-order valence-corrected chi connectivity index (χ0v) is 16.7. The van der Waals surface area contributed by atoms with Crippen molar-refractivity contribution in [2.24, 2.45) is 0 Å². The SMILES string of the molecule is COc1cc(C)c(CN(C)C(=O)C2(c3ccccc3)CCCC2)cc1OC. The van der Waals surface area contributed by atoms with Gasteiger partial charge in [0.25, 0.3) is 0 Å². The van der Waals surface area contributed by atoms with Crippen LogP contribution in [0.25, 0.3) is 0 Å². The number of nitrogens with zero attached hydrogens (tertiary/aromatic N) is 1. The number of likely N-dealkylation sites (N-methyl/N-ethyl adjacent to an activating group) is 1. The number of amides is 1. The van der Waals surface area contributed by atoms with Crippen molar-refractivity contribution >= 4 is 5.91 Å². The molecule has 0 aliphatic heterocycles. The molecule has 1 fully saturated rings. The first-order chi connectivity index (χ1) is 13.0. The van der Waals surface area contributed by atoms with E-state index in [0.29, 0.717) is 18.0 Å². The van der Waals surface area contributed by atoms with E-state index in [9.17, 15) is 4.79 Å². The highest BCUT2D eigenvalue weighted by Gasteiger charge is 2.44. The third kappa shape index (κ3) is 3.66. The molecule has 0 heterocycles. The highest BCUT2D eigenvalue weighted by atomic mass is 16.5. The molecule has 0 N–H and O–H groups in total. The van der Waals surface area contributed by atoms with Gasteiger partial charge in [0, 0.05) is 13.6 Å². The van der Waals surface area contributed by atoms with E-state index in [1.54, 1.807) is 14.2 Å². The van der Waals surface area contributed by atoms with Crippen LogP contribution in [0, 0.1) is 6.92 Å². The Labute approximate surface area is 162 Å². The van der Waals surface area contributed by atoms with Gasteiger partial charge in [-0.3, -0.25) is 4.79 Å². The largest absolute Gasteiger partial charge is 0.493 e. The van der Waals surface area contributed by atoms with E-state index >= 15 is 0 Å². The maximum Gasteiger partial charge on any atom is 0.233 e. The van der Waals surface area contributed by atoms with Crippen LogP contribution in [0.15, 0.2) is 42.5 Å². The van der Waals surface area contributed by atoms with Gasteiger partial charge in [-0.25, -0.2) is 0 Å². The molecule has 1 aliphatic carbocycles. The summed E-state index contributed by atoms with van der Waals surface area (Å²) in [6.45, 7) is 2.59. The number of hydrogen-bond acceptors (Lipinski definition) is 3. The minimum Gasteiger partial charge on any atom is -0.493 e. The number of rotatable bonds is 6. The van der Waals surface area contributed by atoms with Crippen molar-refractivity contribution in [3.8, 4) is 11.5 Å². The summed E-state index contributed by atoms with van der Waals surface area (Å²) in [5.41, 5.74) is 2.92. The molecule has 3 rings (SSSR count). The molecule has 4 nitrogen and oxygen atoms in total. The highest BCUT2D eigenvalue weighted by Crippen LogP contribution is 2.42. The van der Waals surface area contributed by atoms with Gasteiger partial charge in [0.15, 0.2) is 11.5 Å². The van der Waals surface area contributed by atoms with E-state index in [-0.39, 0.29) is 11.3 Å². The lowest BCUT2D eigenvalue weighted by atomic mass is 9.77. The number of hydrogen-bond donors (Lipinski definition) is 0. The fraction of sp³-hybridized carbons (Fsp3) is 0.435. The molecule has 0 aromatic heterocycles. The lowest BCUT2D eigenvalue weighted by Gasteiger charge is -2.33. The smallest absolute Gasteiger partial charge is 0.233 e. The maximum absolute atomic E-state index is 13.5. The van der Waals surface area contributed by atoms with Crippen LogP contribution in [-0.2, 0) is 16.8 Å². The topological polar surface area (TPSA) is 38.8 Å². The number of benzene rings is 2. The molecule has 0 atom stereocenters. The Morgan fingerprint density at radius 3 is 2.22 bits per heavy atom. The summed E-state index contributed by atoms with van der Waals surface area (Å²) in [4.78, 5) is 15.4. The van der Waals surface area contributed by atoms with Crippen molar-refractivity contribution in [3.63, 3.8) is 0 Å². The Balaban J connectivity index is 1.87. The second-order valence-corrected chi connectivity index (χ2v) is 7.45. The minimum atomic E-state index is -0.388. The van der Waals surface area contributed by atoms with Gasteiger partial charge in [-0.15, -0.1) is 0 Å². The third-order valence-corrected chi connectivity index (χ3v) is 5.79. The van der Waals surface area contributed by atoms with E-state index < -0.39 is 0 Å².